The first-order valence-corrected chi connectivity index (χ1v) is 11.9. The molecule has 0 unspecified atom stereocenters. The van der Waals surface area contributed by atoms with Crippen molar-refractivity contribution in [3.8, 4) is 23.0 Å². The molecule has 2 amide bonds. The fraction of sp³-hybridized carbons (Fsp3) is 0.370. The second kappa shape index (κ2) is 11.6. The van der Waals surface area contributed by atoms with Gasteiger partial charge >= 0.3 is 0 Å². The number of aromatic nitrogens is 1. The molecule has 8 nitrogen and oxygen atoms in total. The van der Waals surface area contributed by atoms with E-state index in [4.69, 9.17) is 14.2 Å². The van der Waals surface area contributed by atoms with Crippen molar-refractivity contribution in [1.82, 2.24) is 10.3 Å². The number of anilines is 1. The predicted molar refractivity (Wildman–Crippen MR) is 134 cm³/mol. The van der Waals surface area contributed by atoms with E-state index in [-0.39, 0.29) is 18.2 Å². The Morgan fingerprint density at radius 1 is 0.914 bits per heavy atom. The predicted octanol–water partition coefficient (Wildman–Crippen LogP) is 5.07. The zero-order valence-electron chi connectivity index (χ0n) is 20.1. The number of carbonyl (C=O) groups excluding carboxylic acids is 2. The van der Waals surface area contributed by atoms with E-state index in [0.29, 0.717) is 46.7 Å². The summed E-state index contributed by atoms with van der Waals surface area (Å²) < 4.78 is 16.8. The Hall–Kier alpha value is -3.81. The van der Waals surface area contributed by atoms with Gasteiger partial charge in [-0.15, -0.1) is 0 Å². The molecule has 8 heteroatoms. The van der Waals surface area contributed by atoms with Gasteiger partial charge in [-0.25, -0.2) is 0 Å². The highest BCUT2D eigenvalue weighted by molar-refractivity contribution is 6.03. The quantitative estimate of drug-likeness (QED) is 0.418. The fourth-order valence-corrected chi connectivity index (χ4v) is 4.33. The Morgan fingerprint density at radius 2 is 1.63 bits per heavy atom. The summed E-state index contributed by atoms with van der Waals surface area (Å²) in [6.07, 6.45) is 7.49. The number of hydrogen-bond acceptors (Lipinski definition) is 6. The van der Waals surface area contributed by atoms with Gasteiger partial charge in [0.25, 0.3) is 0 Å². The third kappa shape index (κ3) is 6.41. The first-order valence-electron chi connectivity index (χ1n) is 11.9. The Balaban J connectivity index is 1.34. The van der Waals surface area contributed by atoms with E-state index in [2.05, 4.69) is 15.6 Å². The van der Waals surface area contributed by atoms with Crippen molar-refractivity contribution in [3.63, 3.8) is 0 Å². The van der Waals surface area contributed by atoms with Crippen molar-refractivity contribution < 1.29 is 23.8 Å². The van der Waals surface area contributed by atoms with Crippen molar-refractivity contribution in [3.05, 3.63) is 48.7 Å². The molecule has 0 radical (unpaired) electrons. The van der Waals surface area contributed by atoms with Crippen LogP contribution in [0.5, 0.6) is 23.0 Å². The van der Waals surface area contributed by atoms with Crippen molar-refractivity contribution in [1.29, 1.82) is 0 Å². The van der Waals surface area contributed by atoms with Crippen molar-refractivity contribution >= 4 is 28.4 Å². The first kappa shape index (κ1) is 24.3. The van der Waals surface area contributed by atoms with Crippen LogP contribution < -0.4 is 24.8 Å². The number of carbonyl (C=O) groups is 2. The average molecular weight is 478 g/mol. The highest BCUT2D eigenvalue weighted by Crippen LogP contribution is 2.37. The highest BCUT2D eigenvalue weighted by atomic mass is 16.5. The van der Waals surface area contributed by atoms with E-state index in [0.717, 1.165) is 18.2 Å². The third-order valence-corrected chi connectivity index (χ3v) is 6.21. The Kier molecular flexibility index (Phi) is 8.03. The van der Waals surface area contributed by atoms with Crippen LogP contribution in [-0.4, -0.2) is 37.6 Å². The smallest absolute Gasteiger partial charge is 0.233 e. The number of rotatable bonds is 9. The normalized spacial score (nSPS) is 13.8. The van der Waals surface area contributed by atoms with E-state index in [1.165, 1.54) is 19.3 Å². The zero-order valence-corrected chi connectivity index (χ0v) is 20.1. The zero-order chi connectivity index (χ0) is 24.6. The molecule has 0 aliphatic heterocycles. The van der Waals surface area contributed by atoms with E-state index < -0.39 is 0 Å². The molecule has 0 atom stereocenters. The van der Waals surface area contributed by atoms with Gasteiger partial charge in [0.15, 0.2) is 11.5 Å². The minimum absolute atomic E-state index is 0.195. The minimum Gasteiger partial charge on any atom is -0.493 e. The SMILES string of the molecule is COc1cc2nccc(Oc3ccc(NC(=O)CC(=O)NCC4CCCCC4)cc3)c2cc1OC. The van der Waals surface area contributed by atoms with Gasteiger partial charge < -0.3 is 24.8 Å². The van der Waals surface area contributed by atoms with Crippen LogP contribution in [0.1, 0.15) is 38.5 Å². The highest BCUT2D eigenvalue weighted by Gasteiger charge is 2.16. The monoisotopic (exact) mass is 477 g/mol. The molecule has 1 aliphatic rings. The summed E-state index contributed by atoms with van der Waals surface area (Å²) in [7, 11) is 3.16. The lowest BCUT2D eigenvalue weighted by atomic mass is 9.89. The van der Waals surface area contributed by atoms with Crippen LogP contribution in [0.15, 0.2) is 48.7 Å². The van der Waals surface area contributed by atoms with Gasteiger partial charge in [-0.05, 0) is 55.2 Å². The molecule has 0 spiro atoms. The lowest BCUT2D eigenvalue weighted by molar-refractivity contribution is -0.126. The summed E-state index contributed by atoms with van der Waals surface area (Å²) in [5, 5.41) is 6.44. The first-order chi connectivity index (χ1) is 17.1. The maximum absolute atomic E-state index is 12.3. The second-order valence-corrected chi connectivity index (χ2v) is 8.69. The number of nitrogens with one attached hydrogen (secondary N) is 2. The summed E-state index contributed by atoms with van der Waals surface area (Å²) in [5.41, 5.74) is 1.30. The largest absolute Gasteiger partial charge is 0.493 e. The molecule has 1 aromatic heterocycles. The Labute approximate surface area is 205 Å². The summed E-state index contributed by atoms with van der Waals surface area (Å²) in [6.45, 7) is 0.653. The van der Waals surface area contributed by atoms with Crippen LogP contribution in [-0.2, 0) is 9.59 Å². The fourth-order valence-electron chi connectivity index (χ4n) is 4.33. The van der Waals surface area contributed by atoms with Gasteiger partial charge in [0.2, 0.25) is 11.8 Å². The molecule has 1 fully saturated rings. The summed E-state index contributed by atoms with van der Waals surface area (Å²) in [5.74, 6) is 2.32. The Morgan fingerprint density at radius 3 is 2.34 bits per heavy atom. The molecular weight excluding hydrogens is 446 g/mol. The molecule has 0 saturated heterocycles. The van der Waals surface area contributed by atoms with Crippen molar-refractivity contribution in [2.75, 3.05) is 26.1 Å². The molecule has 2 aromatic carbocycles. The van der Waals surface area contributed by atoms with Gasteiger partial charge in [0, 0.05) is 29.9 Å². The molecule has 1 heterocycles. The van der Waals surface area contributed by atoms with Crippen LogP contribution in [0, 0.1) is 5.92 Å². The molecule has 35 heavy (non-hydrogen) atoms. The third-order valence-electron chi connectivity index (χ3n) is 6.21. The number of amides is 2. The average Bonchev–Trinajstić information content (AvgIpc) is 2.88. The molecule has 3 aromatic rings. The molecule has 184 valence electrons. The number of fused-ring (bicyclic) bond motifs is 1. The number of pyridine rings is 1. The van der Waals surface area contributed by atoms with Gasteiger partial charge in [-0.3, -0.25) is 14.6 Å². The van der Waals surface area contributed by atoms with E-state index in [1.54, 1.807) is 56.8 Å². The summed E-state index contributed by atoms with van der Waals surface area (Å²) >= 11 is 0. The topological polar surface area (TPSA) is 98.8 Å². The van der Waals surface area contributed by atoms with Crippen LogP contribution in [0.25, 0.3) is 10.9 Å². The molecule has 4 rings (SSSR count). The maximum atomic E-state index is 12.3. The number of hydrogen-bond donors (Lipinski definition) is 2. The van der Waals surface area contributed by atoms with E-state index in [9.17, 15) is 9.59 Å². The minimum atomic E-state index is -0.346. The van der Waals surface area contributed by atoms with Crippen LogP contribution in [0.4, 0.5) is 5.69 Å². The number of benzene rings is 2. The summed E-state index contributed by atoms with van der Waals surface area (Å²) in [6, 6.07) is 12.4. The number of nitrogens with zero attached hydrogens (tertiary/aromatic N) is 1. The van der Waals surface area contributed by atoms with Gasteiger partial charge in [-0.1, -0.05) is 19.3 Å². The maximum Gasteiger partial charge on any atom is 0.233 e. The van der Waals surface area contributed by atoms with Crippen LogP contribution in [0.3, 0.4) is 0 Å². The standard InChI is InChI=1S/C27H31N3O5/c1-33-24-14-21-22(15-25(24)34-2)28-13-12-23(21)35-20-10-8-19(9-11-20)30-27(32)16-26(31)29-17-18-6-4-3-5-7-18/h8-15,18H,3-7,16-17H2,1-2H3,(H,29,31)(H,30,32). The van der Waals surface area contributed by atoms with Crippen LogP contribution in [0.2, 0.25) is 0 Å². The van der Waals surface area contributed by atoms with Gasteiger partial charge in [0.1, 0.15) is 17.9 Å². The molecule has 1 saturated carbocycles. The summed E-state index contributed by atoms with van der Waals surface area (Å²) in [4.78, 5) is 28.8. The van der Waals surface area contributed by atoms with Gasteiger partial charge in [0.05, 0.1) is 19.7 Å². The van der Waals surface area contributed by atoms with E-state index in [1.807, 2.05) is 6.07 Å². The molecule has 2 N–H and O–H groups in total. The Bertz CT molecular complexity index is 1170. The molecular formula is C27H31N3O5. The molecule has 1 aliphatic carbocycles. The second-order valence-electron chi connectivity index (χ2n) is 8.69. The molecule has 0 bridgehead atoms. The van der Waals surface area contributed by atoms with Crippen molar-refractivity contribution in [2.24, 2.45) is 5.92 Å². The lowest BCUT2D eigenvalue weighted by Crippen LogP contribution is -2.32. The number of ether oxygens (including phenoxy) is 3. The lowest BCUT2D eigenvalue weighted by Gasteiger charge is -2.21. The van der Waals surface area contributed by atoms with Crippen molar-refractivity contribution in [2.45, 2.75) is 38.5 Å². The van der Waals surface area contributed by atoms with E-state index >= 15 is 0 Å². The number of methoxy groups -OCH3 is 2. The van der Waals surface area contributed by atoms with Crippen LogP contribution >= 0.6 is 0 Å². The van der Waals surface area contributed by atoms with Gasteiger partial charge in [-0.2, -0.15) is 0 Å².